The summed E-state index contributed by atoms with van der Waals surface area (Å²) in [6.45, 7) is 1.02. The van der Waals surface area contributed by atoms with Crippen LogP contribution in [-0.4, -0.2) is 34.9 Å². The second-order valence-electron chi connectivity index (χ2n) is 6.83. The molecule has 0 aliphatic carbocycles. The fraction of sp³-hybridized carbons (Fsp3) is 0.190. The molecule has 8 heteroatoms. The molecule has 0 saturated carbocycles. The molecule has 2 aromatic carbocycles. The third-order valence-corrected chi connectivity index (χ3v) is 5.34. The molecule has 1 unspecified atom stereocenters. The lowest BCUT2D eigenvalue weighted by atomic mass is 10.1. The van der Waals surface area contributed by atoms with E-state index in [9.17, 15) is 14.4 Å². The Morgan fingerprint density at radius 3 is 2.83 bits per heavy atom. The van der Waals surface area contributed by atoms with E-state index in [1.807, 2.05) is 30.5 Å². The fourth-order valence-corrected chi connectivity index (χ4v) is 3.77. The van der Waals surface area contributed by atoms with Crippen molar-refractivity contribution in [3.05, 3.63) is 64.8 Å². The number of hydrogen-bond acceptors (Lipinski definition) is 3. The highest BCUT2D eigenvalue weighted by molar-refractivity contribution is 9.10. The van der Waals surface area contributed by atoms with E-state index in [-0.39, 0.29) is 18.2 Å². The van der Waals surface area contributed by atoms with Gasteiger partial charge in [0, 0.05) is 34.7 Å². The molecule has 1 atom stereocenters. The molecule has 1 aromatic heterocycles. The molecule has 148 valence electrons. The first-order chi connectivity index (χ1) is 14.0. The second-order valence-corrected chi connectivity index (χ2v) is 7.74. The molecule has 29 heavy (non-hydrogen) atoms. The molecule has 3 aromatic rings. The molecule has 1 aliphatic heterocycles. The van der Waals surface area contributed by atoms with Gasteiger partial charge in [0.1, 0.15) is 6.04 Å². The molecule has 0 spiro atoms. The van der Waals surface area contributed by atoms with Gasteiger partial charge in [-0.05, 0) is 36.4 Å². The van der Waals surface area contributed by atoms with E-state index >= 15 is 0 Å². The van der Waals surface area contributed by atoms with Crippen LogP contribution in [-0.2, 0) is 16.1 Å². The summed E-state index contributed by atoms with van der Waals surface area (Å²) >= 11 is 3.46. The first kappa shape index (κ1) is 19.2. The third kappa shape index (κ3) is 4.17. The fourth-order valence-electron chi connectivity index (χ4n) is 3.39. The first-order valence-electron chi connectivity index (χ1n) is 9.23. The van der Waals surface area contributed by atoms with Crippen LogP contribution in [0.4, 0.5) is 5.69 Å². The molecule has 1 aliphatic rings. The number of para-hydroxylation sites is 1. The molecule has 3 amide bonds. The van der Waals surface area contributed by atoms with Gasteiger partial charge in [0.05, 0.1) is 17.7 Å². The van der Waals surface area contributed by atoms with Crippen molar-refractivity contribution in [3.8, 4) is 0 Å². The Balaban J connectivity index is 1.34. The Bertz CT molecular complexity index is 1110. The average molecular weight is 455 g/mol. The van der Waals surface area contributed by atoms with Gasteiger partial charge in [-0.15, -0.1) is 0 Å². The summed E-state index contributed by atoms with van der Waals surface area (Å²) in [6.07, 6.45) is 1.85. The summed E-state index contributed by atoms with van der Waals surface area (Å²) in [4.78, 5) is 37.0. The van der Waals surface area contributed by atoms with Gasteiger partial charge >= 0.3 is 0 Å². The third-order valence-electron chi connectivity index (χ3n) is 4.85. The summed E-state index contributed by atoms with van der Waals surface area (Å²) in [7, 11) is 0. The van der Waals surface area contributed by atoms with E-state index in [0.717, 1.165) is 15.4 Å². The number of fused-ring (bicyclic) bond motifs is 2. The van der Waals surface area contributed by atoms with Crippen LogP contribution in [0.1, 0.15) is 16.8 Å². The molecular weight excluding hydrogens is 436 g/mol. The van der Waals surface area contributed by atoms with Crippen LogP contribution in [0.25, 0.3) is 10.9 Å². The minimum Gasteiger partial charge on any atom is -0.354 e. The Kier molecular flexibility index (Phi) is 5.35. The van der Waals surface area contributed by atoms with Gasteiger partial charge in [0.25, 0.3) is 5.91 Å². The predicted octanol–water partition coefficient (Wildman–Crippen LogP) is 2.66. The van der Waals surface area contributed by atoms with Gasteiger partial charge in [0.2, 0.25) is 11.8 Å². The molecule has 2 heterocycles. The average Bonchev–Trinajstić information content (AvgIpc) is 3.04. The summed E-state index contributed by atoms with van der Waals surface area (Å²) in [6, 6.07) is 13.9. The molecule has 4 rings (SSSR count). The maximum absolute atomic E-state index is 12.4. The minimum absolute atomic E-state index is 0.120. The van der Waals surface area contributed by atoms with Gasteiger partial charge in [-0.3, -0.25) is 14.4 Å². The molecule has 7 nitrogen and oxygen atoms in total. The standard InChI is InChI=1S/C21H19BrN4O3/c22-14-5-6-18-13(11-14)7-9-26(18)10-8-23-19(27)12-17-21(29)24-16-4-2-1-3-15(16)20(28)25-17/h1-7,9,11,17H,8,10,12H2,(H,23,27)(H,24,29)(H,25,28). The summed E-state index contributed by atoms with van der Waals surface area (Å²) < 4.78 is 3.07. The number of rotatable bonds is 5. The summed E-state index contributed by atoms with van der Waals surface area (Å²) in [5.74, 6) is -1.07. The summed E-state index contributed by atoms with van der Waals surface area (Å²) in [5.41, 5.74) is 1.91. The van der Waals surface area contributed by atoms with Crippen molar-refractivity contribution in [1.29, 1.82) is 0 Å². The second kappa shape index (κ2) is 8.08. The van der Waals surface area contributed by atoms with Crippen LogP contribution in [0.15, 0.2) is 59.2 Å². The van der Waals surface area contributed by atoms with E-state index in [0.29, 0.717) is 24.3 Å². The maximum Gasteiger partial charge on any atom is 0.254 e. The number of nitrogens with one attached hydrogen (secondary N) is 3. The van der Waals surface area contributed by atoms with Crippen molar-refractivity contribution in [1.82, 2.24) is 15.2 Å². The van der Waals surface area contributed by atoms with Crippen LogP contribution in [0, 0.1) is 0 Å². The number of halogens is 1. The number of aromatic nitrogens is 1. The minimum atomic E-state index is -0.917. The zero-order chi connectivity index (χ0) is 20.4. The Hall–Kier alpha value is -3.13. The highest BCUT2D eigenvalue weighted by atomic mass is 79.9. The van der Waals surface area contributed by atoms with Crippen LogP contribution in [0.2, 0.25) is 0 Å². The van der Waals surface area contributed by atoms with Crippen molar-refractivity contribution >= 4 is 50.2 Å². The lowest BCUT2D eigenvalue weighted by Crippen LogP contribution is -2.44. The van der Waals surface area contributed by atoms with Gasteiger partial charge in [0.15, 0.2) is 0 Å². The lowest BCUT2D eigenvalue weighted by molar-refractivity contribution is -0.125. The number of carbonyl (C=O) groups is 3. The number of carbonyl (C=O) groups excluding carboxylic acids is 3. The Morgan fingerprint density at radius 1 is 1.14 bits per heavy atom. The zero-order valence-corrected chi connectivity index (χ0v) is 17.0. The van der Waals surface area contributed by atoms with E-state index in [1.165, 1.54) is 0 Å². The lowest BCUT2D eigenvalue weighted by Gasteiger charge is -2.14. The van der Waals surface area contributed by atoms with E-state index in [1.54, 1.807) is 24.3 Å². The van der Waals surface area contributed by atoms with Crippen LogP contribution in [0.5, 0.6) is 0 Å². The predicted molar refractivity (Wildman–Crippen MR) is 114 cm³/mol. The molecule has 0 saturated heterocycles. The zero-order valence-electron chi connectivity index (χ0n) is 15.4. The van der Waals surface area contributed by atoms with Crippen molar-refractivity contribution in [2.75, 3.05) is 11.9 Å². The molecule has 0 fully saturated rings. The molecule has 3 N–H and O–H groups in total. The quantitative estimate of drug-likeness (QED) is 0.553. The SMILES string of the molecule is O=C(CC1NC(=O)c2ccccc2NC1=O)NCCn1ccc2cc(Br)ccc21. The highest BCUT2D eigenvalue weighted by Gasteiger charge is 2.29. The number of nitrogens with zero attached hydrogens (tertiary/aromatic N) is 1. The van der Waals surface area contributed by atoms with Crippen molar-refractivity contribution in [2.24, 2.45) is 0 Å². The Labute approximate surface area is 175 Å². The number of amides is 3. The molecule has 0 radical (unpaired) electrons. The van der Waals surface area contributed by atoms with Gasteiger partial charge in [-0.25, -0.2) is 0 Å². The molecular formula is C21H19BrN4O3. The van der Waals surface area contributed by atoms with Crippen LogP contribution < -0.4 is 16.0 Å². The highest BCUT2D eigenvalue weighted by Crippen LogP contribution is 2.21. The number of benzene rings is 2. The first-order valence-corrected chi connectivity index (χ1v) is 10.0. The number of hydrogen-bond donors (Lipinski definition) is 3. The van der Waals surface area contributed by atoms with Gasteiger partial charge in [-0.1, -0.05) is 28.1 Å². The van der Waals surface area contributed by atoms with Crippen molar-refractivity contribution in [3.63, 3.8) is 0 Å². The topological polar surface area (TPSA) is 92.2 Å². The smallest absolute Gasteiger partial charge is 0.254 e. The molecule has 0 bridgehead atoms. The largest absolute Gasteiger partial charge is 0.354 e. The van der Waals surface area contributed by atoms with E-state index in [4.69, 9.17) is 0 Å². The van der Waals surface area contributed by atoms with E-state index < -0.39 is 11.9 Å². The Morgan fingerprint density at radius 2 is 1.97 bits per heavy atom. The van der Waals surface area contributed by atoms with Crippen LogP contribution >= 0.6 is 15.9 Å². The van der Waals surface area contributed by atoms with Crippen molar-refractivity contribution in [2.45, 2.75) is 19.0 Å². The normalized spacial score (nSPS) is 16.0. The van der Waals surface area contributed by atoms with Crippen LogP contribution in [0.3, 0.4) is 0 Å². The van der Waals surface area contributed by atoms with Crippen molar-refractivity contribution < 1.29 is 14.4 Å². The monoisotopic (exact) mass is 454 g/mol. The maximum atomic E-state index is 12.4. The van der Waals surface area contributed by atoms with Gasteiger partial charge in [-0.2, -0.15) is 0 Å². The number of anilines is 1. The summed E-state index contributed by atoms with van der Waals surface area (Å²) in [5, 5.41) is 9.26. The van der Waals surface area contributed by atoms with E-state index in [2.05, 4.69) is 36.4 Å². The van der Waals surface area contributed by atoms with Gasteiger partial charge < -0.3 is 20.5 Å².